The Morgan fingerprint density at radius 2 is 1.80 bits per heavy atom. The lowest BCUT2D eigenvalue weighted by Crippen LogP contribution is -2.51. The topological polar surface area (TPSA) is 95.9 Å². The van der Waals surface area contributed by atoms with Crippen LogP contribution in [0.1, 0.15) is 13.8 Å². The number of halogens is 1. The van der Waals surface area contributed by atoms with Crippen molar-refractivity contribution in [3.8, 4) is 5.75 Å². The van der Waals surface area contributed by atoms with E-state index in [2.05, 4.69) is 5.32 Å². The first kappa shape index (κ1) is 16.3. The van der Waals surface area contributed by atoms with Crippen LogP contribution < -0.4 is 10.1 Å². The van der Waals surface area contributed by atoms with Crippen LogP contribution in [-0.4, -0.2) is 40.3 Å². The van der Waals surface area contributed by atoms with Gasteiger partial charge in [-0.2, -0.15) is 0 Å². The number of aliphatic hydroxyl groups is 1. The predicted molar refractivity (Wildman–Crippen MR) is 72.8 cm³/mol. The Morgan fingerprint density at radius 3 is 2.25 bits per heavy atom. The van der Waals surface area contributed by atoms with Crippen LogP contribution in [0.2, 0.25) is 5.02 Å². The van der Waals surface area contributed by atoms with Gasteiger partial charge < -0.3 is 20.3 Å². The summed E-state index contributed by atoms with van der Waals surface area (Å²) in [6, 6.07) is 5.03. The zero-order chi connectivity index (χ0) is 15.3. The number of nitrogens with one attached hydrogen (secondary N) is 1. The fraction of sp³-hybridized carbons (Fsp3) is 0.385. The summed E-state index contributed by atoms with van der Waals surface area (Å²) in [6.07, 6.45) is -2.11. The maximum Gasteiger partial charge on any atom is 0.328 e. The number of hydrogen-bond acceptors (Lipinski definition) is 4. The van der Waals surface area contributed by atoms with Gasteiger partial charge in [-0.15, -0.1) is 0 Å². The van der Waals surface area contributed by atoms with Crippen LogP contribution in [0.25, 0.3) is 0 Å². The lowest BCUT2D eigenvalue weighted by atomic mass is 10.2. The standard InChI is InChI=1S/C13H16ClNO5/c1-7(16)11(13(18)19)15-12(17)8(2)20-10-5-3-9(14)4-6-10/h3-8,11,16H,1-2H3,(H,15,17)(H,18,19)/t7-,8?,11+/m1/s1. The van der Waals surface area contributed by atoms with Crippen LogP contribution in [0.5, 0.6) is 5.75 Å². The molecule has 0 saturated heterocycles. The number of aliphatic hydroxyl groups excluding tert-OH is 1. The fourth-order valence-electron chi connectivity index (χ4n) is 1.43. The number of ether oxygens (including phenoxy) is 1. The number of carboxylic acids is 1. The van der Waals surface area contributed by atoms with E-state index in [1.807, 2.05) is 0 Å². The number of benzene rings is 1. The highest BCUT2D eigenvalue weighted by Crippen LogP contribution is 2.16. The normalized spacial score (nSPS) is 15.0. The van der Waals surface area contributed by atoms with Gasteiger partial charge in [-0.05, 0) is 38.1 Å². The van der Waals surface area contributed by atoms with Gasteiger partial charge in [0.05, 0.1) is 6.10 Å². The number of carbonyl (C=O) groups is 2. The first-order chi connectivity index (χ1) is 9.31. The molecule has 0 radical (unpaired) electrons. The van der Waals surface area contributed by atoms with Crippen LogP contribution >= 0.6 is 11.6 Å². The van der Waals surface area contributed by atoms with Crippen LogP contribution in [0, 0.1) is 0 Å². The first-order valence-electron chi connectivity index (χ1n) is 5.94. The number of hydrogen-bond donors (Lipinski definition) is 3. The summed E-state index contributed by atoms with van der Waals surface area (Å²) in [6.45, 7) is 2.76. The van der Waals surface area contributed by atoms with Crippen molar-refractivity contribution < 1.29 is 24.5 Å². The summed E-state index contributed by atoms with van der Waals surface area (Å²) in [4.78, 5) is 22.7. The molecule has 3 N–H and O–H groups in total. The molecule has 1 rings (SSSR count). The molecule has 0 bridgehead atoms. The SMILES string of the molecule is CC(Oc1ccc(Cl)cc1)C(=O)N[C@H](C(=O)O)[C@@H](C)O. The fourth-order valence-corrected chi connectivity index (χ4v) is 1.56. The van der Waals surface area contributed by atoms with E-state index in [9.17, 15) is 14.7 Å². The average molecular weight is 302 g/mol. The van der Waals surface area contributed by atoms with Gasteiger partial charge in [-0.3, -0.25) is 4.79 Å². The largest absolute Gasteiger partial charge is 0.481 e. The van der Waals surface area contributed by atoms with Gasteiger partial charge >= 0.3 is 5.97 Å². The zero-order valence-electron chi connectivity index (χ0n) is 11.0. The molecule has 1 aromatic carbocycles. The summed E-state index contributed by atoms with van der Waals surface area (Å²) < 4.78 is 5.35. The Balaban J connectivity index is 2.62. The zero-order valence-corrected chi connectivity index (χ0v) is 11.8. The highest BCUT2D eigenvalue weighted by molar-refractivity contribution is 6.30. The monoisotopic (exact) mass is 301 g/mol. The predicted octanol–water partition coefficient (Wildman–Crippen LogP) is 1.06. The summed E-state index contributed by atoms with van der Waals surface area (Å²) in [5.74, 6) is -1.51. The molecule has 0 saturated carbocycles. The summed E-state index contributed by atoms with van der Waals surface area (Å²) in [5.41, 5.74) is 0. The molecule has 6 nitrogen and oxygen atoms in total. The molecule has 7 heteroatoms. The molecule has 0 aliphatic heterocycles. The molecule has 0 heterocycles. The van der Waals surface area contributed by atoms with Crippen LogP contribution in [0.4, 0.5) is 0 Å². The molecule has 0 aliphatic carbocycles. The van der Waals surface area contributed by atoms with Gasteiger partial charge in [0.2, 0.25) is 0 Å². The third-order valence-electron chi connectivity index (χ3n) is 2.54. The third-order valence-corrected chi connectivity index (χ3v) is 2.79. The minimum atomic E-state index is -1.38. The molecule has 20 heavy (non-hydrogen) atoms. The molecule has 0 spiro atoms. The smallest absolute Gasteiger partial charge is 0.328 e. The second-order valence-electron chi connectivity index (χ2n) is 4.28. The highest BCUT2D eigenvalue weighted by atomic mass is 35.5. The van der Waals surface area contributed by atoms with Crippen molar-refractivity contribution in [3.05, 3.63) is 29.3 Å². The van der Waals surface area contributed by atoms with Crippen molar-refractivity contribution in [3.63, 3.8) is 0 Å². The minimum Gasteiger partial charge on any atom is -0.481 e. The van der Waals surface area contributed by atoms with Crippen LogP contribution in [0.3, 0.4) is 0 Å². The van der Waals surface area contributed by atoms with E-state index in [0.717, 1.165) is 0 Å². The van der Waals surface area contributed by atoms with E-state index >= 15 is 0 Å². The van der Waals surface area contributed by atoms with Crippen molar-refractivity contribution in [2.45, 2.75) is 32.1 Å². The van der Waals surface area contributed by atoms with Gasteiger partial charge in [-0.1, -0.05) is 11.6 Å². The molecule has 0 aliphatic rings. The maximum atomic E-state index is 11.8. The average Bonchev–Trinajstić information content (AvgIpc) is 2.37. The summed E-state index contributed by atoms with van der Waals surface area (Å²) >= 11 is 5.72. The lowest BCUT2D eigenvalue weighted by molar-refractivity contribution is -0.145. The van der Waals surface area contributed by atoms with Crippen molar-refractivity contribution in [2.24, 2.45) is 0 Å². The molecule has 1 aromatic rings. The molecule has 1 amide bonds. The highest BCUT2D eigenvalue weighted by Gasteiger charge is 2.27. The van der Waals surface area contributed by atoms with Crippen molar-refractivity contribution in [1.82, 2.24) is 5.32 Å². The third kappa shape index (κ3) is 4.71. The second kappa shape index (κ2) is 7.12. The van der Waals surface area contributed by atoms with Crippen LogP contribution in [0.15, 0.2) is 24.3 Å². The van der Waals surface area contributed by atoms with Crippen molar-refractivity contribution in [1.29, 1.82) is 0 Å². The molecular weight excluding hydrogens is 286 g/mol. The molecule has 110 valence electrons. The quantitative estimate of drug-likeness (QED) is 0.730. The van der Waals surface area contributed by atoms with Gasteiger partial charge in [0, 0.05) is 5.02 Å². The van der Waals surface area contributed by atoms with E-state index in [1.165, 1.54) is 13.8 Å². The summed E-state index contributed by atoms with van der Waals surface area (Å²) in [7, 11) is 0. The Kier molecular flexibility index (Phi) is 5.79. The van der Waals surface area contributed by atoms with Crippen molar-refractivity contribution in [2.75, 3.05) is 0 Å². The van der Waals surface area contributed by atoms with Crippen molar-refractivity contribution >= 4 is 23.5 Å². The van der Waals surface area contributed by atoms with E-state index < -0.39 is 30.1 Å². The van der Waals surface area contributed by atoms with Gasteiger partial charge in [0.1, 0.15) is 5.75 Å². The van der Waals surface area contributed by atoms with E-state index in [0.29, 0.717) is 10.8 Å². The Morgan fingerprint density at radius 1 is 1.25 bits per heavy atom. The van der Waals surface area contributed by atoms with Gasteiger partial charge in [-0.25, -0.2) is 4.79 Å². The Labute approximate surface area is 121 Å². The molecule has 0 fully saturated rings. The molecule has 0 aromatic heterocycles. The Bertz CT molecular complexity index is 474. The number of rotatable bonds is 6. The van der Waals surface area contributed by atoms with E-state index in [-0.39, 0.29) is 0 Å². The number of aliphatic carboxylic acids is 1. The van der Waals surface area contributed by atoms with Crippen LogP contribution in [-0.2, 0) is 9.59 Å². The summed E-state index contributed by atoms with van der Waals surface area (Å²) in [5, 5.41) is 20.9. The van der Waals surface area contributed by atoms with Gasteiger partial charge in [0.15, 0.2) is 12.1 Å². The Hall–Kier alpha value is -1.79. The second-order valence-corrected chi connectivity index (χ2v) is 4.72. The number of carboxylic acid groups (broad SMARTS) is 1. The molecule has 3 atom stereocenters. The van der Waals surface area contributed by atoms with Gasteiger partial charge in [0.25, 0.3) is 5.91 Å². The molecular formula is C13H16ClNO5. The van der Waals surface area contributed by atoms with E-state index in [1.54, 1.807) is 24.3 Å². The lowest BCUT2D eigenvalue weighted by Gasteiger charge is -2.20. The minimum absolute atomic E-state index is 0.431. The molecule has 1 unspecified atom stereocenters. The number of carbonyl (C=O) groups excluding carboxylic acids is 1. The number of amides is 1. The maximum absolute atomic E-state index is 11.8. The van der Waals surface area contributed by atoms with E-state index in [4.69, 9.17) is 21.4 Å². The first-order valence-corrected chi connectivity index (χ1v) is 6.32.